The van der Waals surface area contributed by atoms with E-state index in [-0.39, 0.29) is 6.42 Å². The van der Waals surface area contributed by atoms with Gasteiger partial charge in [-0.25, -0.2) is 4.79 Å². The second kappa shape index (κ2) is 9.15. The van der Waals surface area contributed by atoms with E-state index in [1.165, 1.54) is 0 Å². The number of para-hydroxylation sites is 1. The Kier molecular flexibility index (Phi) is 6.40. The van der Waals surface area contributed by atoms with Gasteiger partial charge in [-0.15, -0.1) is 0 Å². The fourth-order valence-corrected chi connectivity index (χ4v) is 2.81. The third kappa shape index (κ3) is 5.18. The summed E-state index contributed by atoms with van der Waals surface area (Å²) in [6.45, 7) is 0. The molecule has 0 saturated heterocycles. The van der Waals surface area contributed by atoms with Gasteiger partial charge in [0.25, 0.3) is 0 Å². The SMILES string of the molecule is COc1ccc(O[C@@H](Cc2cc(Cl)ccc2Oc2ccccc2)C(=O)O)cc1. The Morgan fingerprint density at radius 2 is 1.64 bits per heavy atom. The average molecular weight is 399 g/mol. The number of halogens is 1. The summed E-state index contributed by atoms with van der Waals surface area (Å²) >= 11 is 6.12. The van der Waals surface area contributed by atoms with E-state index in [1.807, 2.05) is 30.3 Å². The highest BCUT2D eigenvalue weighted by Crippen LogP contribution is 2.30. The number of ether oxygens (including phenoxy) is 3. The van der Waals surface area contributed by atoms with Gasteiger partial charge in [0.1, 0.15) is 23.0 Å². The van der Waals surface area contributed by atoms with E-state index in [4.69, 9.17) is 25.8 Å². The molecule has 0 unspecified atom stereocenters. The van der Waals surface area contributed by atoms with Crippen molar-refractivity contribution >= 4 is 17.6 Å². The Bertz CT molecular complexity index is 925. The summed E-state index contributed by atoms with van der Waals surface area (Å²) < 4.78 is 16.7. The molecule has 0 radical (unpaired) electrons. The number of hydrogen-bond acceptors (Lipinski definition) is 4. The molecule has 6 heteroatoms. The zero-order valence-corrected chi connectivity index (χ0v) is 15.9. The minimum Gasteiger partial charge on any atom is -0.497 e. The van der Waals surface area contributed by atoms with Crippen LogP contribution in [0.25, 0.3) is 0 Å². The maximum atomic E-state index is 11.8. The Labute approximate surface area is 168 Å². The quantitative estimate of drug-likeness (QED) is 0.563. The van der Waals surface area contributed by atoms with E-state index in [0.717, 1.165) is 0 Å². The highest BCUT2D eigenvalue weighted by molar-refractivity contribution is 6.30. The normalized spacial score (nSPS) is 11.5. The topological polar surface area (TPSA) is 65.0 Å². The largest absolute Gasteiger partial charge is 0.497 e. The number of carboxylic acid groups (broad SMARTS) is 1. The molecule has 0 bridgehead atoms. The van der Waals surface area contributed by atoms with Crippen LogP contribution in [0.2, 0.25) is 5.02 Å². The molecule has 0 aliphatic rings. The van der Waals surface area contributed by atoms with Crippen molar-refractivity contribution in [3.05, 3.63) is 83.4 Å². The van der Waals surface area contributed by atoms with Crippen molar-refractivity contribution in [2.45, 2.75) is 12.5 Å². The number of benzene rings is 3. The smallest absolute Gasteiger partial charge is 0.345 e. The Hall–Kier alpha value is -3.18. The standard InChI is InChI=1S/C22H19ClO5/c1-26-17-8-10-19(11-9-17)28-21(22(24)25)14-15-13-16(23)7-12-20(15)27-18-5-3-2-4-6-18/h2-13,21H,14H2,1H3,(H,24,25)/t21-/m0/s1. The van der Waals surface area contributed by atoms with Gasteiger partial charge in [-0.2, -0.15) is 0 Å². The molecule has 28 heavy (non-hydrogen) atoms. The lowest BCUT2D eigenvalue weighted by Crippen LogP contribution is -2.29. The third-order valence-electron chi connectivity index (χ3n) is 4.01. The summed E-state index contributed by atoms with van der Waals surface area (Å²) in [7, 11) is 1.56. The molecule has 0 amide bonds. The van der Waals surface area contributed by atoms with Crippen LogP contribution in [0.3, 0.4) is 0 Å². The van der Waals surface area contributed by atoms with E-state index in [2.05, 4.69) is 0 Å². The van der Waals surface area contributed by atoms with Gasteiger partial charge in [0.15, 0.2) is 6.10 Å². The molecule has 0 aromatic heterocycles. The van der Waals surface area contributed by atoms with Crippen molar-refractivity contribution in [2.24, 2.45) is 0 Å². The van der Waals surface area contributed by atoms with Crippen LogP contribution in [0.1, 0.15) is 5.56 Å². The molecule has 0 aliphatic heterocycles. The molecule has 1 atom stereocenters. The van der Waals surface area contributed by atoms with E-state index < -0.39 is 12.1 Å². The molecule has 0 aliphatic carbocycles. The number of carboxylic acids is 1. The van der Waals surface area contributed by atoms with Gasteiger partial charge in [-0.05, 0) is 54.6 Å². The maximum Gasteiger partial charge on any atom is 0.345 e. The molecule has 1 N–H and O–H groups in total. The van der Waals surface area contributed by atoms with Crippen LogP contribution in [0.15, 0.2) is 72.8 Å². The van der Waals surface area contributed by atoms with Crippen LogP contribution in [-0.4, -0.2) is 24.3 Å². The Morgan fingerprint density at radius 3 is 2.29 bits per heavy atom. The van der Waals surface area contributed by atoms with Crippen molar-refractivity contribution < 1.29 is 24.1 Å². The predicted molar refractivity (Wildman–Crippen MR) is 107 cm³/mol. The summed E-state index contributed by atoms with van der Waals surface area (Å²) in [6, 6.07) is 21.1. The summed E-state index contributed by atoms with van der Waals surface area (Å²) in [5.74, 6) is 1.18. The fraction of sp³-hybridized carbons (Fsp3) is 0.136. The molecule has 5 nitrogen and oxygen atoms in total. The summed E-state index contributed by atoms with van der Waals surface area (Å²) in [4.78, 5) is 11.8. The summed E-state index contributed by atoms with van der Waals surface area (Å²) in [6.07, 6.45) is -1.02. The molecule has 144 valence electrons. The van der Waals surface area contributed by atoms with Crippen molar-refractivity contribution in [2.75, 3.05) is 7.11 Å². The molecular formula is C22H19ClO5. The molecule has 3 aromatic rings. The predicted octanol–water partition coefficient (Wildman–Crippen LogP) is 5.22. The van der Waals surface area contributed by atoms with Gasteiger partial charge < -0.3 is 19.3 Å². The molecule has 3 rings (SSSR count). The van der Waals surface area contributed by atoms with Crippen LogP contribution in [0.4, 0.5) is 0 Å². The van der Waals surface area contributed by atoms with Gasteiger partial charge in [0, 0.05) is 17.0 Å². The lowest BCUT2D eigenvalue weighted by molar-refractivity contribution is -0.145. The maximum absolute atomic E-state index is 11.8. The molecule has 0 saturated carbocycles. The first-order chi connectivity index (χ1) is 13.5. The summed E-state index contributed by atoms with van der Waals surface area (Å²) in [5.41, 5.74) is 0.636. The highest BCUT2D eigenvalue weighted by atomic mass is 35.5. The number of hydrogen-bond donors (Lipinski definition) is 1. The minimum atomic E-state index is -1.11. The minimum absolute atomic E-state index is 0.0874. The first-order valence-electron chi connectivity index (χ1n) is 8.60. The van der Waals surface area contributed by atoms with E-state index in [0.29, 0.717) is 33.6 Å². The first kappa shape index (κ1) is 19.6. The van der Waals surface area contributed by atoms with Crippen LogP contribution < -0.4 is 14.2 Å². The molecular weight excluding hydrogens is 380 g/mol. The van der Waals surface area contributed by atoms with E-state index in [1.54, 1.807) is 49.6 Å². The second-order valence-electron chi connectivity index (χ2n) is 5.99. The molecule has 0 heterocycles. The van der Waals surface area contributed by atoms with Gasteiger partial charge in [0.05, 0.1) is 7.11 Å². The van der Waals surface area contributed by atoms with Crippen molar-refractivity contribution in [3.8, 4) is 23.0 Å². The van der Waals surface area contributed by atoms with Gasteiger partial charge in [0.2, 0.25) is 0 Å². The zero-order chi connectivity index (χ0) is 19.9. The average Bonchev–Trinajstić information content (AvgIpc) is 2.70. The Morgan fingerprint density at radius 1 is 0.964 bits per heavy atom. The molecule has 0 spiro atoms. The number of methoxy groups -OCH3 is 1. The third-order valence-corrected chi connectivity index (χ3v) is 4.25. The van der Waals surface area contributed by atoms with Crippen LogP contribution in [0.5, 0.6) is 23.0 Å². The number of rotatable bonds is 8. The monoisotopic (exact) mass is 398 g/mol. The van der Waals surface area contributed by atoms with Crippen molar-refractivity contribution in [1.29, 1.82) is 0 Å². The second-order valence-corrected chi connectivity index (χ2v) is 6.43. The fourth-order valence-electron chi connectivity index (χ4n) is 2.62. The Balaban J connectivity index is 1.82. The van der Waals surface area contributed by atoms with Crippen LogP contribution >= 0.6 is 11.6 Å². The van der Waals surface area contributed by atoms with E-state index >= 15 is 0 Å². The lowest BCUT2D eigenvalue weighted by Gasteiger charge is -2.18. The van der Waals surface area contributed by atoms with Gasteiger partial charge in [-0.3, -0.25) is 0 Å². The van der Waals surface area contributed by atoms with Crippen LogP contribution in [-0.2, 0) is 11.2 Å². The zero-order valence-electron chi connectivity index (χ0n) is 15.2. The first-order valence-corrected chi connectivity index (χ1v) is 8.98. The highest BCUT2D eigenvalue weighted by Gasteiger charge is 2.22. The molecule has 3 aromatic carbocycles. The van der Waals surface area contributed by atoms with E-state index in [9.17, 15) is 9.90 Å². The molecule has 0 fully saturated rings. The van der Waals surface area contributed by atoms with Crippen molar-refractivity contribution in [1.82, 2.24) is 0 Å². The van der Waals surface area contributed by atoms with Gasteiger partial charge in [-0.1, -0.05) is 29.8 Å². The lowest BCUT2D eigenvalue weighted by atomic mass is 10.1. The van der Waals surface area contributed by atoms with Crippen LogP contribution in [0, 0.1) is 0 Å². The summed E-state index contributed by atoms with van der Waals surface area (Å²) in [5, 5.41) is 10.1. The number of aliphatic carboxylic acids is 1. The van der Waals surface area contributed by atoms with Gasteiger partial charge >= 0.3 is 5.97 Å². The van der Waals surface area contributed by atoms with Crippen molar-refractivity contribution in [3.63, 3.8) is 0 Å². The number of carbonyl (C=O) groups is 1.